The summed E-state index contributed by atoms with van der Waals surface area (Å²) < 4.78 is 86.5. The first-order valence-electron chi connectivity index (χ1n) is 16.1. The predicted molar refractivity (Wildman–Crippen MR) is 147 cm³/mol. The molecule has 6 aromatic carbocycles. The number of benzene rings is 6. The van der Waals surface area contributed by atoms with Crippen LogP contribution in [0.1, 0.15) is 13.7 Å². The van der Waals surface area contributed by atoms with Crippen molar-refractivity contribution < 1.29 is 13.7 Å². The first kappa shape index (κ1) is 12.1. The summed E-state index contributed by atoms with van der Waals surface area (Å²) in [4.78, 5) is 4.97. The molecule has 1 heterocycles. The van der Waals surface area contributed by atoms with Crippen molar-refractivity contribution in [3.8, 4) is 28.2 Å². The summed E-state index contributed by atoms with van der Waals surface area (Å²) in [6.45, 7) is 0. The van der Waals surface area contributed by atoms with Crippen molar-refractivity contribution in [2.75, 3.05) is 0 Å². The van der Waals surface area contributed by atoms with Crippen molar-refractivity contribution in [2.24, 2.45) is 0 Å². The SMILES string of the molecule is [2H]c1c([2H])c([2H])c(-c2c3ccccc3c(-c3nc4ccccc4n3-c3c([2H])c([2H])c([2H])c([2H])c3[2H])c3ccccc23)c([2H])c1[2H]. The van der Waals surface area contributed by atoms with Crippen molar-refractivity contribution in [3.05, 3.63) is 133 Å². The fourth-order valence-electron chi connectivity index (χ4n) is 4.79. The van der Waals surface area contributed by atoms with Gasteiger partial charge in [0.15, 0.2) is 0 Å². The molecule has 164 valence electrons. The van der Waals surface area contributed by atoms with E-state index in [4.69, 9.17) is 18.7 Å². The second-order valence-corrected chi connectivity index (χ2v) is 8.07. The molecule has 7 rings (SSSR count). The zero-order valence-electron chi connectivity index (χ0n) is 28.3. The molecule has 2 nitrogen and oxygen atoms in total. The number of fused-ring (bicyclic) bond motifs is 3. The topological polar surface area (TPSA) is 17.8 Å². The van der Waals surface area contributed by atoms with Crippen LogP contribution >= 0.6 is 0 Å². The average Bonchev–Trinajstić information content (AvgIpc) is 3.43. The highest BCUT2D eigenvalue weighted by Crippen LogP contribution is 2.44. The summed E-state index contributed by atoms with van der Waals surface area (Å²) in [6, 6.07) is 17.5. The molecule has 1 aromatic heterocycles. The van der Waals surface area contributed by atoms with Gasteiger partial charge in [-0.25, -0.2) is 4.98 Å². The lowest BCUT2D eigenvalue weighted by Gasteiger charge is -2.18. The number of rotatable bonds is 3. The van der Waals surface area contributed by atoms with Crippen molar-refractivity contribution in [1.82, 2.24) is 9.55 Å². The number of aromatic nitrogens is 2. The second-order valence-electron chi connectivity index (χ2n) is 8.07. The Balaban J connectivity index is 1.71. The maximum Gasteiger partial charge on any atom is 0.146 e. The average molecular weight is 457 g/mol. The van der Waals surface area contributed by atoms with Crippen molar-refractivity contribution in [1.29, 1.82) is 0 Å². The minimum Gasteiger partial charge on any atom is -0.292 e. The molecule has 7 aromatic rings. The Morgan fingerprint density at radius 1 is 0.543 bits per heavy atom. The predicted octanol–water partition coefficient (Wildman–Crippen LogP) is 8.67. The maximum absolute atomic E-state index is 8.81. The monoisotopic (exact) mass is 456 g/mol. The molecule has 0 saturated heterocycles. The fourth-order valence-corrected chi connectivity index (χ4v) is 4.79. The van der Waals surface area contributed by atoms with E-state index in [0.29, 0.717) is 49.5 Å². The Bertz CT molecular complexity index is 2280. The molecule has 0 unspecified atom stereocenters. The Labute approximate surface area is 217 Å². The third-order valence-corrected chi connectivity index (χ3v) is 6.18. The van der Waals surface area contributed by atoms with Gasteiger partial charge in [-0.1, -0.05) is 109 Å². The lowest BCUT2D eigenvalue weighted by Crippen LogP contribution is -1.99. The molecule has 0 spiro atoms. The van der Waals surface area contributed by atoms with Crippen LogP contribution in [-0.4, -0.2) is 9.55 Å². The van der Waals surface area contributed by atoms with Crippen LogP contribution in [0.5, 0.6) is 0 Å². The van der Waals surface area contributed by atoms with E-state index < -0.39 is 36.3 Å². The molecule has 35 heavy (non-hydrogen) atoms. The molecular weight excluding hydrogens is 424 g/mol. The van der Waals surface area contributed by atoms with Gasteiger partial charge in [-0.05, 0) is 56.9 Å². The minimum atomic E-state index is -0.501. The highest BCUT2D eigenvalue weighted by atomic mass is 15.1. The number of hydrogen-bond donors (Lipinski definition) is 0. The van der Waals surface area contributed by atoms with Gasteiger partial charge in [0.25, 0.3) is 0 Å². The van der Waals surface area contributed by atoms with E-state index in [0.717, 1.165) is 0 Å². The molecule has 0 radical (unpaired) electrons. The first-order valence-corrected chi connectivity index (χ1v) is 11.1. The van der Waals surface area contributed by atoms with Crippen LogP contribution in [0, 0.1) is 0 Å². The molecule has 0 N–H and O–H groups in total. The molecular formula is C33H22N2. The molecule has 0 saturated carbocycles. The molecule has 0 aliphatic carbocycles. The Kier molecular flexibility index (Phi) is 2.76. The van der Waals surface area contributed by atoms with E-state index in [1.54, 1.807) is 34.9 Å². The van der Waals surface area contributed by atoms with Gasteiger partial charge < -0.3 is 0 Å². The van der Waals surface area contributed by atoms with Gasteiger partial charge in [0, 0.05) is 11.3 Å². The highest BCUT2D eigenvalue weighted by molar-refractivity contribution is 6.21. The summed E-state index contributed by atoms with van der Waals surface area (Å²) in [5.41, 5.74) is 2.16. The van der Waals surface area contributed by atoms with E-state index in [1.165, 1.54) is 0 Å². The third kappa shape index (κ3) is 3.08. The quantitative estimate of drug-likeness (QED) is 0.243. The van der Waals surface area contributed by atoms with Gasteiger partial charge in [0.1, 0.15) is 5.82 Å². The standard InChI is InChI=1S/C33H22N2/c1-3-13-23(14-4-1)31-25-17-7-9-19-27(25)32(28-20-10-8-18-26(28)31)33-34-29-21-11-12-22-30(29)35(33)24-15-5-2-6-16-24/h1-22H/i1D,2D,3D,4D,5D,6D,13D,14D,15D,16D. The summed E-state index contributed by atoms with van der Waals surface area (Å²) in [7, 11) is 0. The molecule has 0 aliphatic rings. The lowest BCUT2D eigenvalue weighted by molar-refractivity contribution is 1.11. The van der Waals surface area contributed by atoms with Crippen LogP contribution in [0.4, 0.5) is 0 Å². The van der Waals surface area contributed by atoms with E-state index in [2.05, 4.69) is 0 Å². The summed E-state index contributed by atoms with van der Waals surface area (Å²) in [6.07, 6.45) is 0. The van der Waals surface area contributed by atoms with E-state index >= 15 is 0 Å². The van der Waals surface area contributed by atoms with Gasteiger partial charge >= 0.3 is 0 Å². The van der Waals surface area contributed by atoms with Gasteiger partial charge in [-0.15, -0.1) is 0 Å². The van der Waals surface area contributed by atoms with Crippen LogP contribution in [0.15, 0.2) is 133 Å². The van der Waals surface area contributed by atoms with Crippen LogP contribution in [0.3, 0.4) is 0 Å². The summed E-state index contributed by atoms with van der Waals surface area (Å²) >= 11 is 0. The number of nitrogens with zero attached hydrogens (tertiary/aromatic N) is 2. The Hall–Kier alpha value is -4.69. The van der Waals surface area contributed by atoms with Crippen molar-refractivity contribution in [2.45, 2.75) is 0 Å². The van der Waals surface area contributed by atoms with Crippen LogP contribution in [0.25, 0.3) is 60.8 Å². The highest BCUT2D eigenvalue weighted by Gasteiger charge is 2.21. The Morgan fingerprint density at radius 2 is 1.06 bits per heavy atom. The smallest absolute Gasteiger partial charge is 0.146 e. The van der Waals surface area contributed by atoms with Crippen LogP contribution in [0.2, 0.25) is 0 Å². The first-order chi connectivity index (χ1) is 21.5. The Morgan fingerprint density at radius 3 is 1.69 bits per heavy atom. The van der Waals surface area contributed by atoms with Crippen molar-refractivity contribution in [3.63, 3.8) is 0 Å². The lowest BCUT2D eigenvalue weighted by atomic mass is 9.88. The maximum atomic E-state index is 8.81. The zero-order valence-corrected chi connectivity index (χ0v) is 18.3. The summed E-state index contributed by atoms with van der Waals surface area (Å²) in [5, 5.41) is 2.48. The largest absolute Gasteiger partial charge is 0.292 e. The number of imidazole rings is 1. The van der Waals surface area contributed by atoms with Crippen molar-refractivity contribution >= 4 is 32.6 Å². The normalized spacial score (nSPS) is 15.4. The fraction of sp³-hybridized carbons (Fsp3) is 0. The molecule has 0 aliphatic heterocycles. The second kappa shape index (κ2) is 7.96. The van der Waals surface area contributed by atoms with E-state index in [-0.39, 0.29) is 35.4 Å². The minimum absolute atomic E-state index is 0.0486. The van der Waals surface area contributed by atoms with E-state index in [9.17, 15) is 0 Å². The van der Waals surface area contributed by atoms with Crippen LogP contribution in [-0.2, 0) is 0 Å². The number of para-hydroxylation sites is 3. The zero-order chi connectivity index (χ0) is 31.9. The molecule has 0 amide bonds. The molecule has 0 atom stereocenters. The van der Waals surface area contributed by atoms with E-state index in [1.807, 2.05) is 42.5 Å². The third-order valence-electron chi connectivity index (χ3n) is 6.18. The van der Waals surface area contributed by atoms with Gasteiger partial charge in [-0.2, -0.15) is 0 Å². The molecule has 2 heteroatoms. The summed E-state index contributed by atoms with van der Waals surface area (Å²) in [5.74, 6) is 0.328. The molecule has 0 fully saturated rings. The van der Waals surface area contributed by atoms with Crippen LogP contribution < -0.4 is 0 Å². The van der Waals surface area contributed by atoms with Gasteiger partial charge in [0.2, 0.25) is 0 Å². The van der Waals surface area contributed by atoms with Gasteiger partial charge in [-0.3, -0.25) is 4.57 Å². The number of hydrogen-bond acceptors (Lipinski definition) is 1. The molecule has 0 bridgehead atoms. The van der Waals surface area contributed by atoms with Gasteiger partial charge in [0.05, 0.1) is 24.7 Å².